The topological polar surface area (TPSA) is 131 Å². The van der Waals surface area contributed by atoms with Crippen LogP contribution in [0.4, 0.5) is 17.1 Å². The van der Waals surface area contributed by atoms with E-state index >= 15 is 0 Å². The van der Waals surface area contributed by atoms with Gasteiger partial charge in [0.2, 0.25) is 10.0 Å². The molecule has 3 aromatic rings. The molecule has 10 nitrogen and oxygen atoms in total. The van der Waals surface area contributed by atoms with Gasteiger partial charge in [-0.2, -0.15) is 0 Å². The zero-order valence-corrected chi connectivity index (χ0v) is 21.4. The number of carbonyl (C=O) groups is 1. The van der Waals surface area contributed by atoms with Crippen LogP contribution in [0.15, 0.2) is 71.6 Å². The van der Waals surface area contributed by atoms with Crippen molar-refractivity contribution in [2.75, 3.05) is 34.3 Å². The molecule has 1 amide bonds. The van der Waals surface area contributed by atoms with Crippen LogP contribution in [0, 0.1) is 6.92 Å². The number of benzene rings is 3. The summed E-state index contributed by atoms with van der Waals surface area (Å²) in [5, 5.41) is 2.65. The molecule has 3 aromatic carbocycles. The number of amides is 1. The van der Waals surface area contributed by atoms with E-state index in [1.54, 1.807) is 42.5 Å². The summed E-state index contributed by atoms with van der Waals surface area (Å²) in [6.45, 7) is 1.63. The largest absolute Gasteiger partial charge is 0.495 e. The van der Waals surface area contributed by atoms with E-state index in [0.717, 1.165) is 16.1 Å². The third-order valence-corrected chi connectivity index (χ3v) is 7.99. The Morgan fingerprint density at radius 3 is 2.39 bits per heavy atom. The van der Waals surface area contributed by atoms with Gasteiger partial charge in [0.1, 0.15) is 11.5 Å². The first kappa shape index (κ1) is 25.3. The minimum atomic E-state index is -3.93. The molecule has 0 bridgehead atoms. The van der Waals surface area contributed by atoms with Crippen LogP contribution >= 0.6 is 0 Å². The maximum atomic E-state index is 12.9. The number of nitrogens with zero attached hydrogens (tertiary/aromatic N) is 1. The van der Waals surface area contributed by atoms with E-state index in [2.05, 4.69) is 10.0 Å². The fourth-order valence-corrected chi connectivity index (χ4v) is 5.67. The normalized spacial score (nSPS) is 15.4. The van der Waals surface area contributed by atoms with Crippen LogP contribution in [-0.2, 0) is 24.8 Å². The van der Waals surface area contributed by atoms with Crippen molar-refractivity contribution >= 4 is 43.0 Å². The van der Waals surface area contributed by atoms with E-state index in [1.807, 2.05) is 6.92 Å². The van der Waals surface area contributed by atoms with Crippen molar-refractivity contribution in [3.05, 3.63) is 72.3 Å². The third-order valence-electron chi connectivity index (χ3n) is 5.46. The lowest BCUT2D eigenvalue weighted by Crippen LogP contribution is -2.48. The smallest absolute Gasteiger partial charge is 0.267 e. The molecule has 0 fully saturated rings. The molecule has 0 saturated carbocycles. The van der Waals surface area contributed by atoms with Crippen molar-refractivity contribution in [2.24, 2.45) is 0 Å². The Hall–Kier alpha value is -3.77. The van der Waals surface area contributed by atoms with Gasteiger partial charge in [0.25, 0.3) is 15.9 Å². The average Bonchev–Trinajstić information content (AvgIpc) is 2.83. The number of para-hydroxylation sites is 2. The van der Waals surface area contributed by atoms with Gasteiger partial charge < -0.3 is 14.8 Å². The van der Waals surface area contributed by atoms with Crippen molar-refractivity contribution in [2.45, 2.75) is 17.9 Å². The molecule has 0 unspecified atom stereocenters. The van der Waals surface area contributed by atoms with E-state index in [-0.39, 0.29) is 17.2 Å². The van der Waals surface area contributed by atoms with E-state index in [1.165, 1.54) is 31.4 Å². The number of methoxy groups -OCH3 is 1. The predicted molar refractivity (Wildman–Crippen MR) is 137 cm³/mol. The van der Waals surface area contributed by atoms with Gasteiger partial charge in [0.05, 0.1) is 36.2 Å². The predicted octanol–water partition coefficient (Wildman–Crippen LogP) is 2.97. The lowest BCUT2D eigenvalue weighted by atomic mass is 10.2. The molecule has 1 aliphatic rings. The third kappa shape index (κ3) is 5.39. The van der Waals surface area contributed by atoms with Gasteiger partial charge in [-0.15, -0.1) is 0 Å². The number of rotatable bonds is 7. The van der Waals surface area contributed by atoms with Gasteiger partial charge >= 0.3 is 0 Å². The quantitative estimate of drug-likeness (QED) is 0.479. The lowest BCUT2D eigenvalue weighted by Gasteiger charge is -2.33. The van der Waals surface area contributed by atoms with Crippen LogP contribution in [0.1, 0.15) is 5.56 Å². The number of hydrogen-bond donors (Lipinski definition) is 2. The van der Waals surface area contributed by atoms with E-state index in [0.29, 0.717) is 22.8 Å². The fourth-order valence-electron chi connectivity index (χ4n) is 3.70. The SMILES string of the molecule is COc1ccc(C)cc1NS(=O)(=O)c1ccc(NC(=O)[C@@H]2CN(S(C)(=O)=O)c3ccccc3O2)cc1. The molecular formula is C24H25N3O7S2. The number of hydrogen-bond acceptors (Lipinski definition) is 7. The summed E-state index contributed by atoms with van der Waals surface area (Å²) in [4.78, 5) is 12.9. The molecule has 4 rings (SSSR count). The first-order valence-electron chi connectivity index (χ1n) is 10.8. The van der Waals surface area contributed by atoms with Crippen LogP contribution in [0.25, 0.3) is 0 Å². The number of nitrogens with one attached hydrogen (secondary N) is 2. The molecule has 1 heterocycles. The fraction of sp³-hybridized carbons (Fsp3) is 0.208. The highest BCUT2D eigenvalue weighted by molar-refractivity contribution is 7.92. The average molecular weight is 532 g/mol. The summed E-state index contributed by atoms with van der Waals surface area (Å²) in [6, 6.07) is 17.2. The highest BCUT2D eigenvalue weighted by atomic mass is 32.2. The van der Waals surface area contributed by atoms with Crippen LogP contribution in [-0.4, -0.2) is 48.8 Å². The first-order valence-corrected chi connectivity index (χ1v) is 14.1. The summed E-state index contributed by atoms with van der Waals surface area (Å²) >= 11 is 0. The van der Waals surface area contributed by atoms with E-state index in [4.69, 9.17) is 9.47 Å². The van der Waals surface area contributed by atoms with Gasteiger partial charge in [-0.1, -0.05) is 18.2 Å². The molecule has 2 N–H and O–H groups in total. The van der Waals surface area contributed by atoms with Gasteiger partial charge in [-0.25, -0.2) is 16.8 Å². The van der Waals surface area contributed by atoms with Crippen LogP contribution < -0.4 is 23.8 Å². The zero-order valence-electron chi connectivity index (χ0n) is 19.8. The van der Waals surface area contributed by atoms with Crippen LogP contribution in [0.3, 0.4) is 0 Å². The molecule has 0 spiro atoms. The number of ether oxygens (including phenoxy) is 2. The maximum absolute atomic E-state index is 12.9. The van der Waals surface area contributed by atoms with Gasteiger partial charge in [0, 0.05) is 5.69 Å². The van der Waals surface area contributed by atoms with Crippen molar-refractivity contribution < 1.29 is 31.1 Å². The second kappa shape index (κ2) is 9.70. The summed E-state index contributed by atoms with van der Waals surface area (Å²) in [5.74, 6) is 0.0788. The molecule has 0 radical (unpaired) electrons. The van der Waals surface area contributed by atoms with Crippen molar-refractivity contribution in [1.29, 1.82) is 0 Å². The summed E-state index contributed by atoms with van der Waals surface area (Å²) in [5.41, 5.74) is 1.84. The highest BCUT2D eigenvalue weighted by Gasteiger charge is 2.35. The number of fused-ring (bicyclic) bond motifs is 1. The highest BCUT2D eigenvalue weighted by Crippen LogP contribution is 2.35. The van der Waals surface area contributed by atoms with Gasteiger partial charge in [-0.05, 0) is 61.0 Å². The Labute approximate surface area is 209 Å². The molecular weight excluding hydrogens is 506 g/mol. The summed E-state index contributed by atoms with van der Waals surface area (Å²) in [6.07, 6.45) is -0.0441. The Morgan fingerprint density at radius 2 is 1.72 bits per heavy atom. The number of sulfonamides is 2. The standard InChI is InChI=1S/C24H25N3O7S2/c1-16-8-13-21(33-2)19(14-16)26-36(31,32)18-11-9-17(10-12-18)25-24(28)23-15-27(35(3,29)30)20-6-4-5-7-22(20)34-23/h4-14,23,26H,15H2,1-3H3,(H,25,28)/t23-/m0/s1. The first-order chi connectivity index (χ1) is 17.0. The minimum absolute atomic E-state index is 0.0184. The van der Waals surface area contributed by atoms with Crippen LogP contribution in [0.5, 0.6) is 11.5 Å². The zero-order chi connectivity index (χ0) is 26.1. The summed E-state index contributed by atoms with van der Waals surface area (Å²) in [7, 11) is -6.12. The molecule has 190 valence electrons. The molecule has 1 aliphatic heterocycles. The number of anilines is 3. The van der Waals surface area contributed by atoms with Crippen molar-refractivity contribution in [1.82, 2.24) is 0 Å². The monoisotopic (exact) mass is 531 g/mol. The van der Waals surface area contributed by atoms with Crippen LogP contribution in [0.2, 0.25) is 0 Å². The molecule has 0 saturated heterocycles. The maximum Gasteiger partial charge on any atom is 0.267 e. The molecule has 0 aromatic heterocycles. The Balaban J connectivity index is 1.49. The second-order valence-corrected chi connectivity index (χ2v) is 11.8. The molecule has 0 aliphatic carbocycles. The number of aryl methyl sites for hydroxylation is 1. The molecule has 36 heavy (non-hydrogen) atoms. The molecule has 12 heteroatoms. The van der Waals surface area contributed by atoms with E-state index < -0.39 is 32.1 Å². The van der Waals surface area contributed by atoms with Crippen molar-refractivity contribution in [3.8, 4) is 11.5 Å². The van der Waals surface area contributed by atoms with Gasteiger partial charge in [-0.3, -0.25) is 13.8 Å². The minimum Gasteiger partial charge on any atom is -0.495 e. The molecule has 1 atom stereocenters. The van der Waals surface area contributed by atoms with Crippen molar-refractivity contribution in [3.63, 3.8) is 0 Å². The Kier molecular flexibility index (Phi) is 6.83. The Morgan fingerprint density at radius 1 is 1.03 bits per heavy atom. The number of carbonyl (C=O) groups excluding carboxylic acids is 1. The summed E-state index contributed by atoms with van der Waals surface area (Å²) < 4.78 is 64.9. The van der Waals surface area contributed by atoms with Gasteiger partial charge in [0.15, 0.2) is 6.10 Å². The van der Waals surface area contributed by atoms with E-state index in [9.17, 15) is 21.6 Å². The Bertz CT molecular complexity index is 1500. The second-order valence-electron chi connectivity index (χ2n) is 8.19. The lowest BCUT2D eigenvalue weighted by molar-refractivity contribution is -0.122.